The van der Waals surface area contributed by atoms with E-state index in [9.17, 15) is 9.18 Å². The number of hydrogen-bond donors (Lipinski definition) is 1. The Morgan fingerprint density at radius 2 is 1.72 bits per heavy atom. The van der Waals surface area contributed by atoms with E-state index in [2.05, 4.69) is 0 Å². The molecule has 2 nitrogen and oxygen atoms in total. The van der Waals surface area contributed by atoms with Crippen LogP contribution in [0.25, 0.3) is 0 Å². The molecule has 2 rings (SSSR count). The van der Waals surface area contributed by atoms with Crippen LogP contribution >= 0.6 is 0 Å². The first kappa shape index (κ1) is 12.3. The Labute approximate surface area is 105 Å². The van der Waals surface area contributed by atoms with Crippen LogP contribution in [0.5, 0.6) is 0 Å². The van der Waals surface area contributed by atoms with Crippen LogP contribution in [0.4, 0.5) is 10.1 Å². The van der Waals surface area contributed by atoms with Crippen LogP contribution < -0.4 is 5.73 Å². The smallest absolute Gasteiger partial charge is 0.196 e. The van der Waals surface area contributed by atoms with Gasteiger partial charge in [-0.05, 0) is 55.3 Å². The predicted molar refractivity (Wildman–Crippen MR) is 70.2 cm³/mol. The Balaban J connectivity index is 2.48. The van der Waals surface area contributed by atoms with Gasteiger partial charge in [0.1, 0.15) is 5.82 Å². The molecule has 0 heterocycles. The molecule has 0 bridgehead atoms. The number of hydrogen-bond acceptors (Lipinski definition) is 2. The fraction of sp³-hybridized carbons (Fsp3) is 0.133. The van der Waals surface area contributed by atoms with Crippen molar-refractivity contribution in [2.75, 3.05) is 5.73 Å². The topological polar surface area (TPSA) is 43.1 Å². The molecule has 0 saturated heterocycles. The molecule has 2 aromatic carbocycles. The lowest BCUT2D eigenvalue weighted by Crippen LogP contribution is -2.07. The van der Waals surface area contributed by atoms with Gasteiger partial charge in [-0.15, -0.1) is 0 Å². The molecule has 0 aliphatic rings. The van der Waals surface area contributed by atoms with Crippen LogP contribution in [0.1, 0.15) is 27.0 Å². The Hall–Kier alpha value is -2.16. The van der Waals surface area contributed by atoms with Crippen LogP contribution in [0.15, 0.2) is 36.4 Å². The van der Waals surface area contributed by atoms with Crippen molar-refractivity contribution in [2.24, 2.45) is 0 Å². The molecule has 0 amide bonds. The highest BCUT2D eigenvalue weighted by Gasteiger charge is 2.15. The number of nitrogens with two attached hydrogens (primary N) is 1. The lowest BCUT2D eigenvalue weighted by molar-refractivity contribution is 0.103. The molecule has 0 aromatic heterocycles. The molecule has 2 N–H and O–H groups in total. The van der Waals surface area contributed by atoms with Gasteiger partial charge in [0.15, 0.2) is 5.78 Å². The van der Waals surface area contributed by atoms with Gasteiger partial charge in [0.2, 0.25) is 0 Å². The van der Waals surface area contributed by atoms with Gasteiger partial charge in [0.05, 0.1) is 5.56 Å². The monoisotopic (exact) mass is 243 g/mol. The van der Waals surface area contributed by atoms with E-state index in [0.717, 1.165) is 11.1 Å². The second kappa shape index (κ2) is 4.61. The normalized spacial score (nSPS) is 10.4. The van der Waals surface area contributed by atoms with Crippen LogP contribution in [0.2, 0.25) is 0 Å². The van der Waals surface area contributed by atoms with Gasteiger partial charge in [-0.3, -0.25) is 4.79 Å². The Bertz CT molecular complexity index is 566. The van der Waals surface area contributed by atoms with E-state index < -0.39 is 5.82 Å². The number of ketones is 1. The van der Waals surface area contributed by atoms with E-state index in [4.69, 9.17) is 5.73 Å². The van der Waals surface area contributed by atoms with Crippen LogP contribution in [0.3, 0.4) is 0 Å². The summed E-state index contributed by atoms with van der Waals surface area (Å²) in [5.74, 6) is -0.804. The Morgan fingerprint density at radius 1 is 1.06 bits per heavy atom. The fourth-order valence-electron chi connectivity index (χ4n) is 1.89. The number of rotatable bonds is 2. The van der Waals surface area contributed by atoms with Crippen LogP contribution in [0, 0.1) is 19.7 Å². The van der Waals surface area contributed by atoms with Crippen molar-refractivity contribution in [3.8, 4) is 0 Å². The average molecular weight is 243 g/mol. The van der Waals surface area contributed by atoms with Crippen molar-refractivity contribution >= 4 is 11.5 Å². The first-order valence-corrected chi connectivity index (χ1v) is 5.66. The maximum Gasteiger partial charge on any atom is 0.196 e. The van der Waals surface area contributed by atoms with Crippen LogP contribution in [-0.2, 0) is 0 Å². The van der Waals surface area contributed by atoms with E-state index in [1.165, 1.54) is 12.1 Å². The van der Waals surface area contributed by atoms with Crippen LogP contribution in [-0.4, -0.2) is 5.78 Å². The SMILES string of the molecule is Cc1ccc(C(=O)c2ccc(N)cc2C)c(F)c1. The van der Waals surface area contributed by atoms with Crippen molar-refractivity contribution in [3.05, 3.63) is 64.5 Å². The largest absolute Gasteiger partial charge is 0.399 e. The molecule has 0 aliphatic heterocycles. The zero-order valence-electron chi connectivity index (χ0n) is 10.3. The molecule has 0 spiro atoms. The molecule has 92 valence electrons. The first-order valence-electron chi connectivity index (χ1n) is 5.66. The van der Waals surface area contributed by atoms with Crippen molar-refractivity contribution in [3.63, 3.8) is 0 Å². The van der Waals surface area contributed by atoms with Gasteiger partial charge < -0.3 is 5.73 Å². The summed E-state index contributed by atoms with van der Waals surface area (Å²) in [5.41, 5.74) is 8.33. The van der Waals surface area contributed by atoms with Crippen molar-refractivity contribution < 1.29 is 9.18 Å². The summed E-state index contributed by atoms with van der Waals surface area (Å²) in [5, 5.41) is 0. The van der Waals surface area contributed by atoms with Gasteiger partial charge in [0.25, 0.3) is 0 Å². The molecular formula is C15H14FNO. The highest BCUT2D eigenvalue weighted by atomic mass is 19.1. The number of nitrogen functional groups attached to an aromatic ring is 1. The summed E-state index contributed by atoms with van der Waals surface area (Å²) < 4.78 is 13.8. The fourth-order valence-corrected chi connectivity index (χ4v) is 1.89. The van der Waals surface area contributed by atoms with Gasteiger partial charge in [0, 0.05) is 11.3 Å². The second-order valence-corrected chi connectivity index (χ2v) is 4.39. The minimum atomic E-state index is -0.490. The summed E-state index contributed by atoms with van der Waals surface area (Å²) in [7, 11) is 0. The highest BCUT2D eigenvalue weighted by molar-refractivity contribution is 6.10. The average Bonchev–Trinajstić information content (AvgIpc) is 2.28. The molecule has 0 atom stereocenters. The van der Waals surface area contributed by atoms with E-state index >= 15 is 0 Å². The summed E-state index contributed by atoms with van der Waals surface area (Å²) in [6, 6.07) is 9.59. The quantitative estimate of drug-likeness (QED) is 0.650. The van der Waals surface area contributed by atoms with E-state index in [1.807, 2.05) is 0 Å². The number of carbonyl (C=O) groups is 1. The summed E-state index contributed by atoms with van der Waals surface area (Å²) in [6.07, 6.45) is 0. The van der Waals surface area contributed by atoms with E-state index in [0.29, 0.717) is 11.3 Å². The second-order valence-electron chi connectivity index (χ2n) is 4.39. The van der Waals surface area contributed by atoms with E-state index in [1.54, 1.807) is 38.1 Å². The van der Waals surface area contributed by atoms with Crippen molar-refractivity contribution in [1.29, 1.82) is 0 Å². The summed E-state index contributed by atoms with van der Waals surface area (Å²) in [6.45, 7) is 3.57. The van der Waals surface area contributed by atoms with Gasteiger partial charge >= 0.3 is 0 Å². The zero-order chi connectivity index (χ0) is 13.3. The Kier molecular flexibility index (Phi) is 3.15. The number of benzene rings is 2. The molecule has 0 fully saturated rings. The summed E-state index contributed by atoms with van der Waals surface area (Å²) >= 11 is 0. The number of carbonyl (C=O) groups excluding carboxylic acids is 1. The molecule has 3 heteroatoms. The van der Waals surface area contributed by atoms with Crippen molar-refractivity contribution in [2.45, 2.75) is 13.8 Å². The van der Waals surface area contributed by atoms with Gasteiger partial charge in [-0.25, -0.2) is 4.39 Å². The molecule has 18 heavy (non-hydrogen) atoms. The third-order valence-electron chi connectivity index (χ3n) is 2.86. The lowest BCUT2D eigenvalue weighted by atomic mass is 9.97. The zero-order valence-corrected chi connectivity index (χ0v) is 10.3. The molecule has 0 radical (unpaired) electrons. The maximum absolute atomic E-state index is 13.8. The van der Waals surface area contributed by atoms with Crippen molar-refractivity contribution in [1.82, 2.24) is 0 Å². The number of anilines is 1. The first-order chi connectivity index (χ1) is 8.49. The maximum atomic E-state index is 13.8. The predicted octanol–water partition coefficient (Wildman–Crippen LogP) is 3.26. The Morgan fingerprint density at radius 3 is 2.33 bits per heavy atom. The lowest BCUT2D eigenvalue weighted by Gasteiger charge is -2.07. The standard InChI is InChI=1S/C15H14FNO/c1-9-3-5-13(14(16)7-9)15(18)12-6-4-11(17)8-10(12)2/h3-8H,17H2,1-2H3. The van der Waals surface area contributed by atoms with E-state index in [-0.39, 0.29) is 11.3 Å². The van der Waals surface area contributed by atoms with Gasteiger partial charge in [-0.1, -0.05) is 6.07 Å². The molecule has 0 unspecified atom stereocenters. The highest BCUT2D eigenvalue weighted by Crippen LogP contribution is 2.19. The molecule has 0 saturated carbocycles. The minimum absolute atomic E-state index is 0.0912. The number of halogens is 1. The molecule has 0 aliphatic carbocycles. The number of aryl methyl sites for hydroxylation is 2. The third-order valence-corrected chi connectivity index (χ3v) is 2.86. The summed E-state index contributed by atoms with van der Waals surface area (Å²) in [4.78, 5) is 12.2. The molecular weight excluding hydrogens is 229 g/mol. The molecule has 2 aromatic rings. The third kappa shape index (κ3) is 2.25. The minimum Gasteiger partial charge on any atom is -0.399 e. The van der Waals surface area contributed by atoms with Gasteiger partial charge in [-0.2, -0.15) is 0 Å².